The van der Waals surface area contributed by atoms with Crippen LogP contribution in [0.4, 0.5) is 0 Å². The van der Waals surface area contributed by atoms with Crippen molar-refractivity contribution < 1.29 is 23.2 Å². The number of nitrogens with zero attached hydrogens (tertiary/aromatic N) is 1. The summed E-state index contributed by atoms with van der Waals surface area (Å²) in [6.45, 7) is 0.210. The molecule has 3 rings (SSSR count). The quantitative estimate of drug-likeness (QED) is 0.653. The summed E-state index contributed by atoms with van der Waals surface area (Å²) in [5.74, 6) is 0. The zero-order chi connectivity index (χ0) is 19.3. The number of hydrogen-bond donors (Lipinski definition) is 2. The molecule has 9 nitrogen and oxygen atoms in total. The predicted molar refractivity (Wildman–Crippen MR) is 97.8 cm³/mol. The molecule has 0 bridgehead atoms. The molecule has 0 saturated carbocycles. The standard InChI is InChI=1S/C17H21N2O7P/c1-23-27(22,24-11-13-5-3-2-4-6-13)25-12-14-7-8-16(26-14)19-10-9-15(20)18-17(19)21/h2-6,9-10,14,16,22H,7-8,11-12H2,1H3/p+1. The van der Waals surface area contributed by atoms with Crippen LogP contribution in [0.3, 0.4) is 0 Å². The van der Waals surface area contributed by atoms with E-state index in [1.54, 1.807) is 0 Å². The first kappa shape index (κ1) is 19.9. The van der Waals surface area contributed by atoms with E-state index < -0.39 is 25.6 Å². The van der Waals surface area contributed by atoms with Crippen molar-refractivity contribution in [1.82, 2.24) is 9.55 Å². The van der Waals surface area contributed by atoms with Crippen LogP contribution in [0.15, 0.2) is 52.2 Å². The number of H-pyrrole nitrogens is 1. The van der Waals surface area contributed by atoms with Crippen LogP contribution in [0, 0.1) is 0 Å². The van der Waals surface area contributed by atoms with Gasteiger partial charge in [0.1, 0.15) is 19.4 Å². The van der Waals surface area contributed by atoms with E-state index >= 15 is 0 Å². The van der Waals surface area contributed by atoms with Crippen molar-refractivity contribution >= 4 is 8.17 Å². The van der Waals surface area contributed by atoms with Gasteiger partial charge >= 0.3 is 13.9 Å². The minimum Gasteiger partial charge on any atom is -0.352 e. The number of hydrogen-bond acceptors (Lipinski definition) is 7. The molecule has 1 saturated heterocycles. The minimum atomic E-state index is -3.47. The molecule has 0 amide bonds. The van der Waals surface area contributed by atoms with Gasteiger partial charge < -0.3 is 4.74 Å². The summed E-state index contributed by atoms with van der Waals surface area (Å²) in [5, 5.41) is 0. The molecule has 1 aliphatic rings. The number of nitrogens with one attached hydrogen (secondary N) is 1. The van der Waals surface area contributed by atoms with Crippen LogP contribution in [-0.2, 0) is 24.9 Å². The Hall–Kier alpha value is -1.87. The van der Waals surface area contributed by atoms with Crippen LogP contribution < -0.4 is 11.2 Å². The number of rotatable bonds is 8. The lowest BCUT2D eigenvalue weighted by Gasteiger charge is -2.17. The molecule has 146 valence electrons. The molecule has 2 N–H and O–H groups in total. The normalized spacial score (nSPS) is 21.9. The van der Waals surface area contributed by atoms with E-state index in [-0.39, 0.29) is 19.3 Å². The Morgan fingerprint density at radius 3 is 2.70 bits per heavy atom. The SMILES string of the molecule is CO[P+](O)(OCc1ccccc1)OCC1CCC(n2ccc(=O)[nH]c2=O)O1. The van der Waals surface area contributed by atoms with Crippen LogP contribution in [-0.4, -0.2) is 34.3 Å². The molecule has 27 heavy (non-hydrogen) atoms. The molecule has 1 aromatic carbocycles. The molecular formula is C17H22N2O7P+. The van der Waals surface area contributed by atoms with Gasteiger partial charge in [-0.2, -0.15) is 13.9 Å². The van der Waals surface area contributed by atoms with Crippen LogP contribution in [0.2, 0.25) is 0 Å². The maximum Gasteiger partial charge on any atom is 0.572 e. The van der Waals surface area contributed by atoms with E-state index in [1.807, 2.05) is 30.3 Å². The molecular weight excluding hydrogens is 375 g/mol. The molecule has 3 atom stereocenters. The van der Waals surface area contributed by atoms with Crippen LogP contribution in [0.1, 0.15) is 24.6 Å². The van der Waals surface area contributed by atoms with E-state index in [9.17, 15) is 14.5 Å². The summed E-state index contributed by atoms with van der Waals surface area (Å²) in [6, 6.07) is 10.6. The van der Waals surface area contributed by atoms with Crippen molar-refractivity contribution in [1.29, 1.82) is 0 Å². The van der Waals surface area contributed by atoms with Crippen molar-refractivity contribution in [3.63, 3.8) is 0 Å². The number of aromatic nitrogens is 2. The second-order valence-corrected chi connectivity index (χ2v) is 7.83. The van der Waals surface area contributed by atoms with Gasteiger partial charge in [0.15, 0.2) is 0 Å². The topological polar surface area (TPSA) is 112 Å². The van der Waals surface area contributed by atoms with Crippen LogP contribution in [0.5, 0.6) is 0 Å². The maximum absolute atomic E-state index is 11.8. The first-order chi connectivity index (χ1) is 13.0. The van der Waals surface area contributed by atoms with E-state index in [0.717, 1.165) is 5.56 Å². The Morgan fingerprint density at radius 2 is 2.00 bits per heavy atom. The number of benzene rings is 1. The molecule has 0 aliphatic carbocycles. The van der Waals surface area contributed by atoms with Gasteiger partial charge in [0, 0.05) is 12.3 Å². The average molecular weight is 397 g/mol. The summed E-state index contributed by atoms with van der Waals surface area (Å²) >= 11 is 0. The number of ether oxygens (including phenoxy) is 1. The van der Waals surface area contributed by atoms with Gasteiger partial charge in [0.25, 0.3) is 5.56 Å². The molecule has 10 heteroatoms. The lowest BCUT2D eigenvalue weighted by molar-refractivity contribution is -0.0314. The Balaban J connectivity index is 1.52. The molecule has 1 aromatic heterocycles. The highest BCUT2D eigenvalue weighted by molar-refractivity contribution is 7.55. The molecule has 2 aromatic rings. The minimum absolute atomic E-state index is 0.0571. The Morgan fingerprint density at radius 1 is 1.22 bits per heavy atom. The van der Waals surface area contributed by atoms with E-state index in [4.69, 9.17) is 18.3 Å². The molecule has 0 radical (unpaired) electrons. The van der Waals surface area contributed by atoms with Crippen LogP contribution >= 0.6 is 8.17 Å². The second kappa shape index (κ2) is 8.88. The van der Waals surface area contributed by atoms with Gasteiger partial charge in [-0.1, -0.05) is 30.3 Å². The highest BCUT2D eigenvalue weighted by Crippen LogP contribution is 2.58. The summed E-state index contributed by atoms with van der Waals surface area (Å²) in [6.07, 6.45) is 1.77. The lowest BCUT2D eigenvalue weighted by atomic mass is 10.2. The van der Waals surface area contributed by atoms with Gasteiger partial charge in [0.05, 0.1) is 13.2 Å². The third-order valence-corrected chi connectivity index (χ3v) is 5.53. The molecule has 3 unspecified atom stereocenters. The zero-order valence-electron chi connectivity index (χ0n) is 14.8. The van der Waals surface area contributed by atoms with Crippen molar-refractivity contribution in [3.8, 4) is 0 Å². The summed E-state index contributed by atoms with van der Waals surface area (Å²) in [4.78, 5) is 35.6. The number of aromatic amines is 1. The summed E-state index contributed by atoms with van der Waals surface area (Å²) in [7, 11) is -2.16. The molecule has 1 fully saturated rings. The van der Waals surface area contributed by atoms with E-state index in [0.29, 0.717) is 12.8 Å². The van der Waals surface area contributed by atoms with Crippen molar-refractivity contribution in [2.45, 2.75) is 31.8 Å². The van der Waals surface area contributed by atoms with Crippen molar-refractivity contribution in [2.24, 2.45) is 0 Å². The summed E-state index contributed by atoms with van der Waals surface area (Å²) < 4.78 is 23.1. The Kier molecular flexibility index (Phi) is 6.54. The molecule has 0 spiro atoms. The summed E-state index contributed by atoms with van der Waals surface area (Å²) in [5.41, 5.74) is -0.105. The average Bonchev–Trinajstić information content (AvgIpc) is 3.14. The predicted octanol–water partition coefficient (Wildman–Crippen LogP) is 1.76. The van der Waals surface area contributed by atoms with Gasteiger partial charge in [-0.25, -0.2) is 4.79 Å². The van der Waals surface area contributed by atoms with Gasteiger partial charge in [-0.15, -0.1) is 4.52 Å². The smallest absolute Gasteiger partial charge is 0.352 e. The van der Waals surface area contributed by atoms with Gasteiger partial charge in [-0.3, -0.25) is 14.3 Å². The largest absolute Gasteiger partial charge is 0.572 e. The monoisotopic (exact) mass is 397 g/mol. The highest BCUT2D eigenvalue weighted by atomic mass is 31.2. The molecule has 2 heterocycles. The fourth-order valence-corrected chi connectivity index (χ4v) is 3.67. The fraction of sp³-hybridized carbons (Fsp3) is 0.412. The Bertz CT molecular complexity index is 856. The Labute approximate surface area is 156 Å². The third kappa shape index (κ3) is 5.32. The first-order valence-electron chi connectivity index (χ1n) is 8.46. The van der Waals surface area contributed by atoms with Crippen molar-refractivity contribution in [2.75, 3.05) is 13.7 Å². The molecule has 1 aliphatic heterocycles. The first-order valence-corrected chi connectivity index (χ1v) is 9.96. The van der Waals surface area contributed by atoms with Gasteiger partial charge in [0.2, 0.25) is 0 Å². The third-order valence-electron chi connectivity index (χ3n) is 4.14. The fourth-order valence-electron chi connectivity index (χ4n) is 2.72. The second-order valence-electron chi connectivity index (χ2n) is 6.01. The highest BCUT2D eigenvalue weighted by Gasteiger charge is 2.45. The van der Waals surface area contributed by atoms with Crippen LogP contribution in [0.25, 0.3) is 0 Å². The van der Waals surface area contributed by atoms with Crippen molar-refractivity contribution in [3.05, 3.63) is 69.0 Å². The van der Waals surface area contributed by atoms with Gasteiger partial charge in [-0.05, 0) is 18.4 Å². The zero-order valence-corrected chi connectivity index (χ0v) is 15.7. The van der Waals surface area contributed by atoms with E-state index in [2.05, 4.69) is 4.98 Å². The maximum atomic E-state index is 11.8. The lowest BCUT2D eigenvalue weighted by Crippen LogP contribution is -2.31. The van der Waals surface area contributed by atoms with E-state index in [1.165, 1.54) is 23.9 Å².